The van der Waals surface area contributed by atoms with E-state index in [1.54, 1.807) is 12.3 Å². The highest BCUT2D eigenvalue weighted by molar-refractivity contribution is 14.1. The summed E-state index contributed by atoms with van der Waals surface area (Å²) in [5.41, 5.74) is 4.50. The molecule has 9 heteroatoms. The van der Waals surface area contributed by atoms with Crippen LogP contribution in [-0.2, 0) is 17.9 Å². The maximum Gasteiger partial charge on any atom is 0.253 e. The van der Waals surface area contributed by atoms with Gasteiger partial charge < -0.3 is 9.88 Å². The van der Waals surface area contributed by atoms with Crippen molar-refractivity contribution in [2.24, 2.45) is 5.10 Å². The number of allylic oxidation sites excluding steroid dienone is 1. The summed E-state index contributed by atoms with van der Waals surface area (Å²) in [5.74, 6) is 0.569. The van der Waals surface area contributed by atoms with Crippen LogP contribution in [0.2, 0.25) is 0 Å². The van der Waals surface area contributed by atoms with Gasteiger partial charge >= 0.3 is 0 Å². The number of hydrogen-bond acceptors (Lipinski definition) is 6. The zero-order valence-corrected chi connectivity index (χ0v) is 20.0. The van der Waals surface area contributed by atoms with Crippen LogP contribution in [-0.4, -0.2) is 32.1 Å². The van der Waals surface area contributed by atoms with E-state index >= 15 is 0 Å². The predicted molar refractivity (Wildman–Crippen MR) is 134 cm³/mol. The highest BCUT2D eigenvalue weighted by Gasteiger charge is 2.19. The molecule has 31 heavy (non-hydrogen) atoms. The first-order valence-corrected chi connectivity index (χ1v) is 11.6. The van der Waals surface area contributed by atoms with E-state index in [-0.39, 0.29) is 5.91 Å². The van der Waals surface area contributed by atoms with E-state index in [9.17, 15) is 4.79 Å². The molecule has 0 saturated carbocycles. The molecule has 2 aromatic carbocycles. The maximum absolute atomic E-state index is 12.4. The molecule has 0 aliphatic carbocycles. The lowest BCUT2D eigenvalue weighted by Crippen LogP contribution is -2.27. The first-order chi connectivity index (χ1) is 15.1. The Morgan fingerprint density at radius 1 is 1.23 bits per heavy atom. The van der Waals surface area contributed by atoms with E-state index in [1.807, 2.05) is 66.1 Å². The lowest BCUT2D eigenvalue weighted by Gasteiger charge is -2.12. The normalized spacial score (nSPS) is 11.9. The van der Waals surface area contributed by atoms with E-state index in [4.69, 9.17) is 0 Å². The van der Waals surface area contributed by atoms with Crippen molar-refractivity contribution >= 4 is 52.2 Å². The molecule has 1 aromatic heterocycles. The van der Waals surface area contributed by atoms with Gasteiger partial charge in [0.25, 0.3) is 5.91 Å². The Kier molecular flexibility index (Phi) is 8.65. The molecule has 0 aliphatic rings. The molecule has 0 spiro atoms. The number of aromatic nitrogens is 3. The molecule has 1 amide bonds. The number of hydrazone groups is 1. The van der Waals surface area contributed by atoms with Crippen molar-refractivity contribution < 1.29 is 4.79 Å². The van der Waals surface area contributed by atoms with Gasteiger partial charge in [-0.15, -0.1) is 16.8 Å². The van der Waals surface area contributed by atoms with Crippen LogP contribution in [0.4, 0.5) is 5.69 Å². The van der Waals surface area contributed by atoms with Crippen LogP contribution in [0.25, 0.3) is 0 Å². The minimum atomic E-state index is -0.391. The SMILES string of the molecule is C=CCn1c(CNc2ccc(I)cc2)nnc1S[C@@H](C)C(=O)NN=Cc1ccccc1. The molecule has 3 aromatic rings. The molecule has 3 rings (SSSR count). The van der Waals surface area contributed by atoms with E-state index < -0.39 is 5.25 Å². The molecule has 0 aliphatic heterocycles. The second kappa shape index (κ2) is 11.7. The average Bonchev–Trinajstić information content (AvgIpc) is 3.15. The topological polar surface area (TPSA) is 84.2 Å². The van der Waals surface area contributed by atoms with Crippen LogP contribution >= 0.6 is 34.4 Å². The fraction of sp³-hybridized carbons (Fsp3) is 0.182. The van der Waals surface area contributed by atoms with Crippen LogP contribution < -0.4 is 10.7 Å². The average molecular weight is 546 g/mol. The number of nitrogens with one attached hydrogen (secondary N) is 2. The van der Waals surface area contributed by atoms with E-state index in [1.165, 1.54) is 15.3 Å². The number of hydrogen-bond donors (Lipinski definition) is 2. The standard InChI is InChI=1S/C22H23IN6OS/c1-3-13-29-20(15-24-19-11-9-18(23)10-12-19)26-28-22(29)31-16(2)21(30)27-25-14-17-7-5-4-6-8-17/h3-12,14,16,24H,1,13,15H2,2H3,(H,27,30)/t16-/m0/s1. The van der Waals surface area contributed by atoms with Crippen molar-refractivity contribution in [3.8, 4) is 0 Å². The van der Waals surface area contributed by atoms with Gasteiger partial charge in [-0.2, -0.15) is 5.10 Å². The molecule has 0 bridgehead atoms. The molecule has 7 nitrogen and oxygen atoms in total. The number of carbonyl (C=O) groups is 1. The van der Waals surface area contributed by atoms with E-state index in [0.29, 0.717) is 18.2 Å². The van der Waals surface area contributed by atoms with Crippen molar-refractivity contribution in [1.82, 2.24) is 20.2 Å². The van der Waals surface area contributed by atoms with Gasteiger partial charge in [-0.1, -0.05) is 48.2 Å². The summed E-state index contributed by atoms with van der Waals surface area (Å²) < 4.78 is 3.13. The smallest absolute Gasteiger partial charge is 0.253 e. The third kappa shape index (κ3) is 6.93. The highest BCUT2D eigenvalue weighted by Crippen LogP contribution is 2.23. The molecule has 160 valence electrons. The second-order valence-electron chi connectivity index (χ2n) is 6.56. The van der Waals surface area contributed by atoms with Crippen LogP contribution in [0.1, 0.15) is 18.3 Å². The molecule has 0 saturated heterocycles. The molecular weight excluding hydrogens is 523 g/mol. The lowest BCUT2D eigenvalue weighted by atomic mass is 10.2. The largest absolute Gasteiger partial charge is 0.378 e. The molecule has 1 atom stereocenters. The van der Waals surface area contributed by atoms with Crippen molar-refractivity contribution in [2.75, 3.05) is 5.32 Å². The maximum atomic E-state index is 12.4. The molecular formula is C22H23IN6OS. The molecule has 0 fully saturated rings. The summed E-state index contributed by atoms with van der Waals surface area (Å²) in [4.78, 5) is 12.4. The van der Waals surface area contributed by atoms with Gasteiger partial charge in [-0.3, -0.25) is 4.79 Å². The Morgan fingerprint density at radius 2 is 1.97 bits per heavy atom. The zero-order valence-electron chi connectivity index (χ0n) is 17.0. The third-order valence-corrected chi connectivity index (χ3v) is 6.04. The Hall–Kier alpha value is -2.66. The van der Waals surface area contributed by atoms with Gasteiger partial charge in [0.1, 0.15) is 0 Å². The monoisotopic (exact) mass is 546 g/mol. The van der Waals surface area contributed by atoms with Crippen molar-refractivity contribution in [1.29, 1.82) is 0 Å². The number of carbonyl (C=O) groups excluding carboxylic acids is 1. The fourth-order valence-electron chi connectivity index (χ4n) is 2.61. The van der Waals surface area contributed by atoms with E-state index in [0.717, 1.165) is 17.1 Å². The quantitative estimate of drug-likeness (QED) is 0.130. The van der Waals surface area contributed by atoms with Crippen LogP contribution in [0, 0.1) is 3.57 Å². The lowest BCUT2D eigenvalue weighted by molar-refractivity contribution is -0.120. The second-order valence-corrected chi connectivity index (χ2v) is 9.12. The number of benzene rings is 2. The number of anilines is 1. The van der Waals surface area contributed by atoms with E-state index in [2.05, 4.69) is 55.2 Å². The van der Waals surface area contributed by atoms with Gasteiger partial charge in [0, 0.05) is 15.8 Å². The summed E-state index contributed by atoms with van der Waals surface area (Å²) in [6, 6.07) is 17.7. The Bertz CT molecular complexity index is 1040. The van der Waals surface area contributed by atoms with Gasteiger partial charge in [0.05, 0.1) is 18.0 Å². The van der Waals surface area contributed by atoms with Crippen molar-refractivity contribution in [3.05, 3.63) is 82.2 Å². The Morgan fingerprint density at radius 3 is 2.68 bits per heavy atom. The summed E-state index contributed by atoms with van der Waals surface area (Å²) >= 11 is 3.61. The van der Waals surface area contributed by atoms with Gasteiger partial charge in [0.2, 0.25) is 0 Å². The first kappa shape index (κ1) is 23.0. The Labute approximate surface area is 199 Å². The summed E-state index contributed by atoms with van der Waals surface area (Å²) in [6.07, 6.45) is 3.40. The minimum absolute atomic E-state index is 0.205. The number of thioether (sulfide) groups is 1. The van der Waals surface area contributed by atoms with Crippen LogP contribution in [0.5, 0.6) is 0 Å². The molecule has 1 heterocycles. The van der Waals surface area contributed by atoms with Crippen LogP contribution in [0.15, 0.2) is 77.5 Å². The summed E-state index contributed by atoms with van der Waals surface area (Å²) in [6.45, 7) is 6.71. The van der Waals surface area contributed by atoms with Crippen LogP contribution in [0.3, 0.4) is 0 Å². The van der Waals surface area contributed by atoms with Crippen molar-refractivity contribution in [2.45, 2.75) is 30.4 Å². The van der Waals surface area contributed by atoms with Gasteiger partial charge in [0.15, 0.2) is 11.0 Å². The molecule has 0 unspecified atom stereocenters. The summed E-state index contributed by atoms with van der Waals surface area (Å²) in [7, 11) is 0. The van der Waals surface area contributed by atoms with Gasteiger partial charge in [-0.25, -0.2) is 5.43 Å². The number of amides is 1. The first-order valence-electron chi connectivity index (χ1n) is 9.64. The molecule has 2 N–H and O–H groups in total. The number of rotatable bonds is 10. The third-order valence-electron chi connectivity index (χ3n) is 4.24. The predicted octanol–water partition coefficient (Wildman–Crippen LogP) is 4.31. The zero-order chi connectivity index (χ0) is 22.1. The van der Waals surface area contributed by atoms with Crippen molar-refractivity contribution in [3.63, 3.8) is 0 Å². The highest BCUT2D eigenvalue weighted by atomic mass is 127. The number of nitrogens with zero attached hydrogens (tertiary/aromatic N) is 4. The number of halogens is 1. The molecule has 0 radical (unpaired) electrons. The van der Waals surface area contributed by atoms with Gasteiger partial charge in [-0.05, 0) is 59.3 Å². The fourth-order valence-corrected chi connectivity index (χ4v) is 3.84. The minimum Gasteiger partial charge on any atom is -0.378 e. The Balaban J connectivity index is 1.60. The summed E-state index contributed by atoms with van der Waals surface area (Å²) in [5, 5.41) is 16.2.